The highest BCUT2D eigenvalue weighted by molar-refractivity contribution is 5.68. The summed E-state index contributed by atoms with van der Waals surface area (Å²) < 4.78 is 19.0. The fraction of sp³-hybridized carbons (Fsp3) is 0.571. The number of hydrogen-bond acceptors (Lipinski definition) is 4. The number of nitrogens with two attached hydrogens (primary N) is 1. The van der Waals surface area contributed by atoms with Crippen molar-refractivity contribution in [3.63, 3.8) is 0 Å². The van der Waals surface area contributed by atoms with Gasteiger partial charge in [-0.1, -0.05) is 6.92 Å². The second-order valence-electron chi connectivity index (χ2n) is 5.03. The van der Waals surface area contributed by atoms with E-state index < -0.39 is 5.82 Å². The van der Waals surface area contributed by atoms with Crippen molar-refractivity contribution in [2.75, 3.05) is 24.2 Å². The van der Waals surface area contributed by atoms with E-state index in [2.05, 4.69) is 5.32 Å². The number of aliphatic hydroxyl groups is 1. The van der Waals surface area contributed by atoms with Gasteiger partial charge in [0.15, 0.2) is 11.6 Å². The van der Waals surface area contributed by atoms with Crippen LogP contribution in [0.5, 0.6) is 5.75 Å². The van der Waals surface area contributed by atoms with E-state index in [1.165, 1.54) is 6.07 Å². The Hall–Kier alpha value is -1.49. The van der Waals surface area contributed by atoms with Crippen molar-refractivity contribution >= 4 is 11.4 Å². The monoisotopic (exact) mass is 270 g/mol. The lowest BCUT2D eigenvalue weighted by Crippen LogP contribution is -2.14. The van der Waals surface area contributed by atoms with Crippen LogP contribution in [-0.2, 0) is 0 Å². The molecule has 0 amide bonds. The Morgan fingerprint density at radius 2 is 2.05 bits per heavy atom. The van der Waals surface area contributed by atoms with Crippen molar-refractivity contribution in [2.45, 2.75) is 33.3 Å². The number of anilines is 2. The van der Waals surface area contributed by atoms with Crippen LogP contribution in [0.3, 0.4) is 0 Å². The number of rotatable bonds is 7. The summed E-state index contributed by atoms with van der Waals surface area (Å²) in [6, 6.07) is 2.84. The van der Waals surface area contributed by atoms with Crippen molar-refractivity contribution in [1.29, 1.82) is 0 Å². The third-order valence-electron chi connectivity index (χ3n) is 2.73. The number of aliphatic hydroxyl groups excluding tert-OH is 1. The van der Waals surface area contributed by atoms with E-state index in [0.717, 1.165) is 0 Å². The van der Waals surface area contributed by atoms with Gasteiger partial charge in [0.1, 0.15) is 0 Å². The molecule has 1 atom stereocenters. The summed E-state index contributed by atoms with van der Waals surface area (Å²) in [6.07, 6.45) is 0.614. The number of halogens is 1. The summed E-state index contributed by atoms with van der Waals surface area (Å²) in [5, 5.41) is 12.0. The zero-order valence-corrected chi connectivity index (χ0v) is 11.7. The average Bonchev–Trinajstić information content (AvgIpc) is 2.31. The van der Waals surface area contributed by atoms with E-state index in [1.807, 2.05) is 20.8 Å². The Bertz CT molecular complexity index is 411. The molecule has 1 rings (SSSR count). The zero-order chi connectivity index (χ0) is 14.4. The molecule has 0 heterocycles. The van der Waals surface area contributed by atoms with E-state index in [1.54, 1.807) is 6.07 Å². The summed E-state index contributed by atoms with van der Waals surface area (Å²) in [5.41, 5.74) is 6.78. The van der Waals surface area contributed by atoms with Crippen LogP contribution in [0.25, 0.3) is 0 Å². The number of hydrogen-bond donors (Lipinski definition) is 3. The highest BCUT2D eigenvalue weighted by Gasteiger charge is 2.11. The van der Waals surface area contributed by atoms with Gasteiger partial charge in [0.05, 0.1) is 17.5 Å². The lowest BCUT2D eigenvalue weighted by Gasteiger charge is -2.17. The van der Waals surface area contributed by atoms with E-state index in [4.69, 9.17) is 15.6 Å². The molecule has 0 fully saturated rings. The topological polar surface area (TPSA) is 67.5 Å². The number of nitrogen functional groups attached to an aromatic ring is 1. The molecule has 0 radical (unpaired) electrons. The molecule has 4 N–H and O–H groups in total. The Balaban J connectivity index is 2.77. The number of benzene rings is 1. The summed E-state index contributed by atoms with van der Waals surface area (Å²) in [4.78, 5) is 0. The van der Waals surface area contributed by atoms with Gasteiger partial charge >= 0.3 is 0 Å². The quantitative estimate of drug-likeness (QED) is 0.666. The zero-order valence-electron chi connectivity index (χ0n) is 11.7. The third kappa shape index (κ3) is 4.95. The minimum atomic E-state index is -0.458. The molecule has 0 aromatic heterocycles. The van der Waals surface area contributed by atoms with Crippen LogP contribution in [0.1, 0.15) is 27.2 Å². The Kier molecular flexibility index (Phi) is 5.89. The van der Waals surface area contributed by atoms with Gasteiger partial charge in [0, 0.05) is 25.3 Å². The molecule has 4 nitrogen and oxygen atoms in total. The molecule has 0 bridgehead atoms. The molecule has 1 aromatic rings. The molecule has 0 saturated carbocycles. The second-order valence-corrected chi connectivity index (χ2v) is 5.03. The Morgan fingerprint density at radius 3 is 2.63 bits per heavy atom. The SMILES string of the molecule is CC(CCO)CNc1cc(OC(C)C)c(F)cc1N. The highest BCUT2D eigenvalue weighted by Crippen LogP contribution is 2.29. The first-order chi connectivity index (χ1) is 8.93. The molecule has 5 heteroatoms. The van der Waals surface area contributed by atoms with Crippen LogP contribution in [0, 0.1) is 11.7 Å². The summed E-state index contributed by atoms with van der Waals surface area (Å²) in [7, 11) is 0. The average molecular weight is 270 g/mol. The van der Waals surface area contributed by atoms with Gasteiger partial charge in [-0.2, -0.15) is 0 Å². The fourth-order valence-corrected chi connectivity index (χ4v) is 1.67. The van der Waals surface area contributed by atoms with Crippen LogP contribution in [0.15, 0.2) is 12.1 Å². The molecular weight excluding hydrogens is 247 g/mol. The molecule has 108 valence electrons. The van der Waals surface area contributed by atoms with Crippen LogP contribution < -0.4 is 15.8 Å². The maximum Gasteiger partial charge on any atom is 0.167 e. The third-order valence-corrected chi connectivity index (χ3v) is 2.73. The van der Waals surface area contributed by atoms with Gasteiger partial charge in [-0.05, 0) is 26.2 Å². The first-order valence-corrected chi connectivity index (χ1v) is 6.54. The fourth-order valence-electron chi connectivity index (χ4n) is 1.67. The van der Waals surface area contributed by atoms with Gasteiger partial charge in [0.25, 0.3) is 0 Å². The highest BCUT2D eigenvalue weighted by atomic mass is 19.1. The molecule has 0 aliphatic heterocycles. The molecule has 1 aromatic carbocycles. The van der Waals surface area contributed by atoms with E-state index in [0.29, 0.717) is 30.3 Å². The molecule has 0 aliphatic carbocycles. The number of nitrogens with one attached hydrogen (secondary N) is 1. The van der Waals surface area contributed by atoms with Crippen LogP contribution in [-0.4, -0.2) is 24.4 Å². The van der Waals surface area contributed by atoms with Gasteiger partial charge in [0.2, 0.25) is 0 Å². The first-order valence-electron chi connectivity index (χ1n) is 6.54. The van der Waals surface area contributed by atoms with Gasteiger partial charge < -0.3 is 20.9 Å². The smallest absolute Gasteiger partial charge is 0.167 e. The predicted molar refractivity (Wildman–Crippen MR) is 75.9 cm³/mol. The van der Waals surface area contributed by atoms with Crippen LogP contribution in [0.2, 0.25) is 0 Å². The Labute approximate surface area is 113 Å². The van der Waals surface area contributed by atoms with Crippen molar-refractivity contribution in [1.82, 2.24) is 0 Å². The maximum atomic E-state index is 13.6. The molecule has 19 heavy (non-hydrogen) atoms. The summed E-state index contributed by atoms with van der Waals surface area (Å²) in [5.74, 6) is 0.0468. The van der Waals surface area contributed by atoms with Crippen molar-refractivity contribution < 1.29 is 14.2 Å². The van der Waals surface area contributed by atoms with Gasteiger partial charge in [-0.3, -0.25) is 0 Å². The first kappa shape index (κ1) is 15.6. The molecule has 0 spiro atoms. The summed E-state index contributed by atoms with van der Waals surface area (Å²) >= 11 is 0. The standard InChI is InChI=1S/C14H23FN2O2/c1-9(2)19-14-7-13(12(16)6-11(14)15)17-8-10(3)4-5-18/h6-7,9-10,17-18H,4-5,8,16H2,1-3H3. The lowest BCUT2D eigenvalue weighted by atomic mass is 10.1. The predicted octanol–water partition coefficient (Wildman–Crippen LogP) is 2.63. The van der Waals surface area contributed by atoms with Gasteiger partial charge in [-0.15, -0.1) is 0 Å². The van der Waals surface area contributed by atoms with E-state index >= 15 is 0 Å². The molecule has 0 saturated heterocycles. The minimum absolute atomic E-state index is 0.0979. The van der Waals surface area contributed by atoms with Crippen molar-refractivity contribution in [3.8, 4) is 5.75 Å². The Morgan fingerprint density at radius 1 is 1.37 bits per heavy atom. The normalized spacial score (nSPS) is 12.5. The summed E-state index contributed by atoms with van der Waals surface area (Å²) in [6.45, 7) is 6.52. The molecule has 1 unspecified atom stereocenters. The second kappa shape index (κ2) is 7.19. The van der Waals surface area contributed by atoms with E-state index in [-0.39, 0.29) is 18.5 Å². The molecule has 0 aliphatic rings. The molecular formula is C14H23FN2O2. The van der Waals surface area contributed by atoms with E-state index in [9.17, 15) is 4.39 Å². The van der Waals surface area contributed by atoms with Crippen molar-refractivity contribution in [2.24, 2.45) is 5.92 Å². The van der Waals surface area contributed by atoms with Crippen LogP contribution in [0.4, 0.5) is 15.8 Å². The lowest BCUT2D eigenvalue weighted by molar-refractivity contribution is 0.231. The minimum Gasteiger partial charge on any atom is -0.488 e. The van der Waals surface area contributed by atoms with Crippen LogP contribution >= 0.6 is 0 Å². The van der Waals surface area contributed by atoms with Gasteiger partial charge in [-0.25, -0.2) is 4.39 Å². The maximum absolute atomic E-state index is 13.6. The number of ether oxygens (including phenoxy) is 1. The van der Waals surface area contributed by atoms with Crippen molar-refractivity contribution in [3.05, 3.63) is 17.9 Å². The largest absolute Gasteiger partial charge is 0.488 e.